The van der Waals surface area contributed by atoms with Crippen LogP contribution in [0.4, 0.5) is 5.69 Å². The van der Waals surface area contributed by atoms with Crippen LogP contribution in [0.5, 0.6) is 0 Å². The Balaban J connectivity index is 1.72. The third-order valence-corrected chi connectivity index (χ3v) is 4.37. The van der Waals surface area contributed by atoms with Crippen molar-refractivity contribution < 1.29 is 4.79 Å². The molecule has 0 spiro atoms. The van der Waals surface area contributed by atoms with Gasteiger partial charge in [-0.15, -0.1) is 0 Å². The summed E-state index contributed by atoms with van der Waals surface area (Å²) in [5.74, 6) is 0.762. The SMILES string of the molecule is CN=C(NCCCn1nc(C)cc1C)NCc1ccc(NC(=O)C(C)C)cc1. The van der Waals surface area contributed by atoms with Crippen molar-refractivity contribution in [2.75, 3.05) is 18.9 Å². The average Bonchev–Trinajstić information content (AvgIpc) is 2.99. The predicted molar refractivity (Wildman–Crippen MR) is 114 cm³/mol. The van der Waals surface area contributed by atoms with Crippen molar-refractivity contribution in [1.29, 1.82) is 0 Å². The van der Waals surface area contributed by atoms with E-state index in [-0.39, 0.29) is 11.8 Å². The highest BCUT2D eigenvalue weighted by atomic mass is 16.1. The first-order valence-corrected chi connectivity index (χ1v) is 9.74. The van der Waals surface area contributed by atoms with Gasteiger partial charge in [-0.2, -0.15) is 5.10 Å². The van der Waals surface area contributed by atoms with E-state index in [1.165, 1.54) is 5.69 Å². The van der Waals surface area contributed by atoms with Crippen molar-refractivity contribution in [2.24, 2.45) is 10.9 Å². The minimum Gasteiger partial charge on any atom is -0.356 e. The summed E-state index contributed by atoms with van der Waals surface area (Å²) in [6, 6.07) is 9.93. The van der Waals surface area contributed by atoms with Crippen molar-refractivity contribution in [3.8, 4) is 0 Å². The number of hydrogen-bond donors (Lipinski definition) is 3. The van der Waals surface area contributed by atoms with Crippen LogP contribution in [0, 0.1) is 19.8 Å². The van der Waals surface area contributed by atoms with Gasteiger partial charge >= 0.3 is 0 Å². The number of hydrogen-bond acceptors (Lipinski definition) is 3. The Hall–Kier alpha value is -2.83. The van der Waals surface area contributed by atoms with Crippen molar-refractivity contribution in [3.63, 3.8) is 0 Å². The lowest BCUT2D eigenvalue weighted by molar-refractivity contribution is -0.118. The average molecular weight is 385 g/mol. The smallest absolute Gasteiger partial charge is 0.226 e. The first-order chi connectivity index (χ1) is 13.4. The van der Waals surface area contributed by atoms with Crippen LogP contribution < -0.4 is 16.0 Å². The van der Waals surface area contributed by atoms with Gasteiger partial charge in [0.05, 0.1) is 5.69 Å². The molecule has 1 aromatic carbocycles. The van der Waals surface area contributed by atoms with Gasteiger partial charge in [0.15, 0.2) is 5.96 Å². The van der Waals surface area contributed by atoms with Crippen molar-refractivity contribution in [3.05, 3.63) is 47.3 Å². The third-order valence-electron chi connectivity index (χ3n) is 4.37. The van der Waals surface area contributed by atoms with Crippen molar-refractivity contribution >= 4 is 17.6 Å². The van der Waals surface area contributed by atoms with E-state index >= 15 is 0 Å². The minimum atomic E-state index is -0.0306. The summed E-state index contributed by atoms with van der Waals surface area (Å²) in [5.41, 5.74) is 4.17. The highest BCUT2D eigenvalue weighted by molar-refractivity contribution is 5.92. The first kappa shape index (κ1) is 21.5. The molecule has 0 radical (unpaired) electrons. The normalized spacial score (nSPS) is 11.6. The first-order valence-electron chi connectivity index (χ1n) is 9.74. The summed E-state index contributed by atoms with van der Waals surface area (Å²) in [6.07, 6.45) is 0.965. The van der Waals surface area contributed by atoms with Crippen molar-refractivity contribution in [2.45, 2.75) is 47.2 Å². The zero-order chi connectivity index (χ0) is 20.5. The van der Waals surface area contributed by atoms with Crippen LogP contribution in [0.25, 0.3) is 0 Å². The molecule has 1 amide bonds. The van der Waals surface area contributed by atoms with E-state index in [0.717, 1.165) is 42.4 Å². The predicted octanol–water partition coefficient (Wildman–Crippen LogP) is 2.85. The fourth-order valence-electron chi connectivity index (χ4n) is 2.74. The standard InChI is InChI=1S/C21H32N6O/c1-15(2)20(28)25-19-9-7-18(8-10-19)14-24-21(22-5)23-11-6-12-27-17(4)13-16(3)26-27/h7-10,13,15H,6,11-12,14H2,1-5H3,(H,25,28)(H2,22,23,24). The Morgan fingerprint density at radius 1 is 1.18 bits per heavy atom. The van der Waals surface area contributed by atoms with E-state index in [1.807, 2.05) is 49.7 Å². The Labute approximate surface area is 167 Å². The highest BCUT2D eigenvalue weighted by Gasteiger charge is 2.07. The van der Waals surface area contributed by atoms with Gasteiger partial charge in [-0.3, -0.25) is 14.5 Å². The Morgan fingerprint density at radius 3 is 2.46 bits per heavy atom. The van der Waals surface area contributed by atoms with Gasteiger partial charge in [-0.25, -0.2) is 0 Å². The second-order valence-electron chi connectivity index (χ2n) is 7.20. The quantitative estimate of drug-likeness (QED) is 0.371. The van der Waals surface area contributed by atoms with Gasteiger partial charge in [0.1, 0.15) is 0 Å². The zero-order valence-electron chi connectivity index (χ0n) is 17.5. The monoisotopic (exact) mass is 384 g/mol. The fourth-order valence-corrected chi connectivity index (χ4v) is 2.74. The maximum Gasteiger partial charge on any atom is 0.226 e. The number of carbonyl (C=O) groups is 1. The number of amides is 1. The van der Waals surface area contributed by atoms with E-state index < -0.39 is 0 Å². The molecule has 2 aromatic rings. The summed E-state index contributed by atoms with van der Waals surface area (Å²) in [4.78, 5) is 16.0. The van der Waals surface area contributed by atoms with E-state index in [0.29, 0.717) is 6.54 Å². The topological polar surface area (TPSA) is 83.3 Å². The zero-order valence-corrected chi connectivity index (χ0v) is 17.5. The van der Waals surface area contributed by atoms with Crippen LogP contribution in [-0.2, 0) is 17.9 Å². The second kappa shape index (κ2) is 10.5. The Kier molecular flexibility index (Phi) is 8.04. The number of rotatable bonds is 8. The second-order valence-corrected chi connectivity index (χ2v) is 7.20. The van der Waals surface area contributed by atoms with E-state index in [1.54, 1.807) is 7.05 Å². The number of guanidine groups is 1. The highest BCUT2D eigenvalue weighted by Crippen LogP contribution is 2.11. The molecule has 152 valence electrons. The number of aliphatic imine (C=N–C) groups is 1. The third kappa shape index (κ3) is 6.72. The van der Waals surface area contributed by atoms with Crippen LogP contribution in [0.15, 0.2) is 35.3 Å². The maximum atomic E-state index is 11.7. The summed E-state index contributed by atoms with van der Waals surface area (Å²) < 4.78 is 2.03. The van der Waals surface area contributed by atoms with E-state index in [2.05, 4.69) is 39.0 Å². The lowest BCUT2D eigenvalue weighted by atomic mass is 10.1. The molecule has 7 nitrogen and oxygen atoms in total. The molecule has 0 bridgehead atoms. The van der Waals surface area contributed by atoms with Crippen LogP contribution in [-0.4, -0.2) is 35.2 Å². The molecule has 28 heavy (non-hydrogen) atoms. The number of carbonyl (C=O) groups excluding carboxylic acids is 1. The molecule has 7 heteroatoms. The number of nitrogens with one attached hydrogen (secondary N) is 3. The summed E-state index contributed by atoms with van der Waals surface area (Å²) in [7, 11) is 1.76. The lowest BCUT2D eigenvalue weighted by Crippen LogP contribution is -2.37. The molecule has 0 aliphatic rings. The molecule has 0 aliphatic carbocycles. The number of anilines is 1. The molecular formula is C21H32N6O. The molecule has 0 saturated carbocycles. The van der Waals surface area contributed by atoms with Gasteiger partial charge in [0.25, 0.3) is 0 Å². The van der Waals surface area contributed by atoms with E-state index in [9.17, 15) is 4.79 Å². The number of nitrogens with zero attached hydrogens (tertiary/aromatic N) is 3. The van der Waals surface area contributed by atoms with E-state index in [4.69, 9.17) is 0 Å². The molecule has 0 saturated heterocycles. The summed E-state index contributed by atoms with van der Waals surface area (Å²) in [5, 5.41) is 14.0. The summed E-state index contributed by atoms with van der Waals surface area (Å²) >= 11 is 0. The molecular weight excluding hydrogens is 352 g/mol. The van der Waals surface area contributed by atoms with Crippen LogP contribution in [0.3, 0.4) is 0 Å². The van der Waals surface area contributed by atoms with Crippen LogP contribution in [0.1, 0.15) is 37.2 Å². The largest absolute Gasteiger partial charge is 0.356 e. The Bertz CT molecular complexity index is 792. The van der Waals surface area contributed by atoms with Gasteiger partial charge in [-0.05, 0) is 44.0 Å². The number of aryl methyl sites for hydroxylation is 3. The van der Waals surface area contributed by atoms with Crippen molar-refractivity contribution in [1.82, 2.24) is 20.4 Å². The molecule has 0 atom stereocenters. The Morgan fingerprint density at radius 2 is 1.89 bits per heavy atom. The number of aromatic nitrogens is 2. The van der Waals surface area contributed by atoms with Gasteiger partial charge in [0, 0.05) is 44.0 Å². The van der Waals surface area contributed by atoms with Crippen LogP contribution >= 0.6 is 0 Å². The molecule has 3 N–H and O–H groups in total. The summed E-state index contributed by atoms with van der Waals surface area (Å²) in [6.45, 7) is 10.2. The minimum absolute atomic E-state index is 0.0240. The van der Waals surface area contributed by atoms with Gasteiger partial charge in [0.2, 0.25) is 5.91 Å². The van der Waals surface area contributed by atoms with Crippen LogP contribution in [0.2, 0.25) is 0 Å². The molecule has 0 aliphatic heterocycles. The fraction of sp³-hybridized carbons (Fsp3) is 0.476. The maximum absolute atomic E-state index is 11.7. The van der Waals surface area contributed by atoms with Gasteiger partial charge < -0.3 is 16.0 Å². The lowest BCUT2D eigenvalue weighted by Gasteiger charge is -2.13. The molecule has 1 heterocycles. The molecule has 1 aromatic heterocycles. The molecule has 2 rings (SSSR count). The number of benzene rings is 1. The van der Waals surface area contributed by atoms with Gasteiger partial charge in [-0.1, -0.05) is 26.0 Å². The molecule has 0 fully saturated rings. The molecule has 0 unspecified atom stereocenters.